The monoisotopic (exact) mass is 476 g/mol. The number of aliphatic hydroxyl groups is 1. The topological polar surface area (TPSA) is 135 Å². The zero-order valence-corrected chi connectivity index (χ0v) is 20.7. The van der Waals surface area contributed by atoms with E-state index in [0.717, 1.165) is 0 Å². The number of ether oxygens (including phenoxy) is 4. The van der Waals surface area contributed by atoms with Crippen LogP contribution in [-0.4, -0.2) is 108 Å². The molecule has 2 heterocycles. The van der Waals surface area contributed by atoms with Gasteiger partial charge in [0.15, 0.2) is 0 Å². The Bertz CT molecular complexity index is 641. The van der Waals surface area contributed by atoms with Crippen molar-refractivity contribution < 1.29 is 43.5 Å². The van der Waals surface area contributed by atoms with E-state index in [0.29, 0.717) is 39.3 Å². The van der Waals surface area contributed by atoms with Crippen molar-refractivity contribution in [3.8, 4) is 0 Å². The molecule has 192 valence electrons. The highest BCUT2D eigenvalue weighted by atomic mass is 16.6. The number of hydrogen-bond donors (Lipinski definition) is 2. The fourth-order valence-electron chi connectivity index (χ4n) is 3.19. The molecule has 2 rings (SSSR count). The maximum Gasteiger partial charge on any atom is 0.410 e. The Morgan fingerprint density at radius 2 is 1.27 bits per heavy atom. The van der Waals surface area contributed by atoms with Crippen molar-refractivity contribution in [3.05, 3.63) is 0 Å². The third-order valence-electron chi connectivity index (χ3n) is 4.58. The highest BCUT2D eigenvalue weighted by Crippen LogP contribution is 2.17. The predicted molar refractivity (Wildman–Crippen MR) is 119 cm³/mol. The first-order valence-corrected chi connectivity index (χ1v) is 11.2. The molecule has 11 nitrogen and oxygen atoms in total. The lowest BCUT2D eigenvalue weighted by Gasteiger charge is -2.36. The minimum Gasteiger partial charge on any atom is -0.481 e. The number of aliphatic carboxylic acids is 1. The molecule has 2 fully saturated rings. The summed E-state index contributed by atoms with van der Waals surface area (Å²) in [5.41, 5.74) is -1.07. The van der Waals surface area contributed by atoms with E-state index in [4.69, 9.17) is 29.2 Å². The van der Waals surface area contributed by atoms with Crippen LogP contribution in [0.1, 0.15) is 54.4 Å². The minimum absolute atomic E-state index is 0.0489. The second-order valence-corrected chi connectivity index (χ2v) is 9.92. The SMILES string of the molecule is CC(C)(C)OC(=O)N1CCOC[C@@H]1CC(=O)O.CC(C)(C)OC(=O)N1CCOC[C@@H]1CCO. The molecule has 11 heteroatoms. The van der Waals surface area contributed by atoms with Crippen LogP contribution < -0.4 is 0 Å². The Morgan fingerprint density at radius 3 is 1.67 bits per heavy atom. The molecule has 0 saturated carbocycles. The molecule has 0 aromatic heterocycles. The van der Waals surface area contributed by atoms with Crippen molar-refractivity contribution >= 4 is 18.2 Å². The van der Waals surface area contributed by atoms with E-state index in [2.05, 4.69) is 0 Å². The van der Waals surface area contributed by atoms with Gasteiger partial charge in [-0.05, 0) is 48.0 Å². The van der Waals surface area contributed by atoms with Gasteiger partial charge in [0.2, 0.25) is 0 Å². The molecule has 2 aliphatic rings. The second-order valence-electron chi connectivity index (χ2n) is 9.92. The average Bonchev–Trinajstić information content (AvgIpc) is 2.66. The summed E-state index contributed by atoms with van der Waals surface area (Å²) in [5, 5.41) is 17.7. The van der Waals surface area contributed by atoms with Gasteiger partial charge < -0.3 is 34.1 Å². The van der Waals surface area contributed by atoms with Crippen LogP contribution in [0.3, 0.4) is 0 Å². The first kappa shape index (κ1) is 28.9. The molecule has 0 unspecified atom stereocenters. The molecule has 0 spiro atoms. The summed E-state index contributed by atoms with van der Waals surface area (Å²) in [7, 11) is 0. The van der Waals surface area contributed by atoms with E-state index in [9.17, 15) is 14.4 Å². The molecular formula is C22H40N2O9. The molecule has 2 saturated heterocycles. The summed E-state index contributed by atoms with van der Waals surface area (Å²) in [6.07, 6.45) is -0.403. The smallest absolute Gasteiger partial charge is 0.410 e. The summed E-state index contributed by atoms with van der Waals surface area (Å²) in [6, 6.07) is -0.523. The molecule has 2 amide bonds. The Kier molecular flexibility index (Phi) is 11.4. The van der Waals surface area contributed by atoms with Crippen molar-refractivity contribution in [2.75, 3.05) is 46.1 Å². The zero-order chi connectivity index (χ0) is 25.2. The first-order valence-electron chi connectivity index (χ1n) is 11.2. The molecule has 0 aromatic carbocycles. The first-order chi connectivity index (χ1) is 15.2. The molecular weight excluding hydrogens is 436 g/mol. The van der Waals surface area contributed by atoms with Crippen molar-refractivity contribution in [2.24, 2.45) is 0 Å². The number of carboxylic acid groups (broad SMARTS) is 1. The van der Waals surface area contributed by atoms with E-state index in [1.807, 2.05) is 20.8 Å². The number of rotatable bonds is 4. The van der Waals surface area contributed by atoms with E-state index < -0.39 is 29.3 Å². The zero-order valence-electron chi connectivity index (χ0n) is 20.7. The Balaban J connectivity index is 0.000000331. The molecule has 33 heavy (non-hydrogen) atoms. The van der Waals surface area contributed by atoms with Gasteiger partial charge in [0.25, 0.3) is 0 Å². The Morgan fingerprint density at radius 1 is 0.848 bits per heavy atom. The Hall–Kier alpha value is -2.11. The number of amides is 2. The maximum absolute atomic E-state index is 11.9. The summed E-state index contributed by atoms with van der Waals surface area (Å²) in [6.45, 7) is 13.4. The summed E-state index contributed by atoms with van der Waals surface area (Å²) in [5.74, 6) is -0.950. The fraction of sp³-hybridized carbons (Fsp3) is 0.864. The third-order valence-corrected chi connectivity index (χ3v) is 4.58. The van der Waals surface area contributed by atoms with Crippen LogP contribution >= 0.6 is 0 Å². The van der Waals surface area contributed by atoms with Gasteiger partial charge in [-0.3, -0.25) is 9.69 Å². The van der Waals surface area contributed by atoms with E-state index in [-0.39, 0.29) is 31.8 Å². The largest absolute Gasteiger partial charge is 0.481 e. The van der Waals surface area contributed by atoms with Crippen LogP contribution in [0.4, 0.5) is 9.59 Å². The number of morpholine rings is 2. The van der Waals surface area contributed by atoms with E-state index >= 15 is 0 Å². The maximum atomic E-state index is 11.9. The van der Waals surface area contributed by atoms with Crippen molar-refractivity contribution in [1.82, 2.24) is 9.80 Å². The van der Waals surface area contributed by atoms with Crippen LogP contribution in [0.2, 0.25) is 0 Å². The van der Waals surface area contributed by atoms with Gasteiger partial charge in [0.05, 0.1) is 44.9 Å². The highest BCUT2D eigenvalue weighted by molar-refractivity contribution is 5.72. The van der Waals surface area contributed by atoms with Gasteiger partial charge in [-0.15, -0.1) is 0 Å². The van der Waals surface area contributed by atoms with Crippen LogP contribution in [0.25, 0.3) is 0 Å². The molecule has 0 aliphatic carbocycles. The normalized spacial score (nSPS) is 21.5. The predicted octanol–water partition coefficient (Wildman–Crippen LogP) is 2.10. The number of carbonyl (C=O) groups is 3. The molecule has 2 atom stereocenters. The molecule has 2 N–H and O–H groups in total. The number of carbonyl (C=O) groups excluding carboxylic acids is 2. The van der Waals surface area contributed by atoms with Crippen LogP contribution in [0.15, 0.2) is 0 Å². The molecule has 0 radical (unpaired) electrons. The van der Waals surface area contributed by atoms with Gasteiger partial charge in [-0.25, -0.2) is 9.59 Å². The second kappa shape index (κ2) is 13.0. The number of hydrogen-bond acceptors (Lipinski definition) is 8. The van der Waals surface area contributed by atoms with Gasteiger partial charge >= 0.3 is 18.2 Å². The lowest BCUT2D eigenvalue weighted by atomic mass is 10.1. The quantitative estimate of drug-likeness (QED) is 0.625. The standard InChI is InChI=1S/C11H19NO5.C11H21NO4/c1-11(2,3)17-10(15)12-4-5-16-7-8(12)6-9(13)14;1-11(2,3)16-10(14)12-5-7-15-8-9(12)4-6-13/h8H,4-7H2,1-3H3,(H,13,14);9,13H,4-8H2,1-3H3/t8-;9-/m00/s1. The van der Waals surface area contributed by atoms with Crippen molar-refractivity contribution in [2.45, 2.75) is 77.7 Å². The number of carboxylic acids is 1. The average molecular weight is 477 g/mol. The third kappa shape index (κ3) is 11.5. The van der Waals surface area contributed by atoms with Crippen molar-refractivity contribution in [1.29, 1.82) is 0 Å². The molecule has 2 aliphatic heterocycles. The minimum atomic E-state index is -0.950. The van der Waals surface area contributed by atoms with Gasteiger partial charge in [0, 0.05) is 19.7 Å². The van der Waals surface area contributed by atoms with Gasteiger partial charge in [0.1, 0.15) is 11.2 Å². The van der Waals surface area contributed by atoms with Crippen molar-refractivity contribution in [3.63, 3.8) is 0 Å². The molecule has 0 aromatic rings. The van der Waals surface area contributed by atoms with E-state index in [1.54, 1.807) is 25.7 Å². The van der Waals surface area contributed by atoms with Crippen LogP contribution in [0, 0.1) is 0 Å². The lowest BCUT2D eigenvalue weighted by Crippen LogP contribution is -2.51. The van der Waals surface area contributed by atoms with Gasteiger partial charge in [-0.1, -0.05) is 0 Å². The lowest BCUT2D eigenvalue weighted by molar-refractivity contribution is -0.139. The summed E-state index contributed by atoms with van der Waals surface area (Å²) >= 11 is 0. The van der Waals surface area contributed by atoms with Crippen LogP contribution in [-0.2, 0) is 23.7 Å². The highest BCUT2D eigenvalue weighted by Gasteiger charge is 2.32. The summed E-state index contributed by atoms with van der Waals surface area (Å²) < 4.78 is 21.0. The van der Waals surface area contributed by atoms with E-state index in [1.165, 1.54) is 4.90 Å². The van der Waals surface area contributed by atoms with Gasteiger partial charge in [-0.2, -0.15) is 0 Å². The summed E-state index contributed by atoms with van der Waals surface area (Å²) in [4.78, 5) is 37.5. The molecule has 0 bridgehead atoms. The number of aliphatic hydroxyl groups excluding tert-OH is 1. The van der Waals surface area contributed by atoms with Crippen LogP contribution in [0.5, 0.6) is 0 Å². The Labute approximate surface area is 195 Å². The fourth-order valence-corrected chi connectivity index (χ4v) is 3.19. The number of nitrogens with zero attached hydrogens (tertiary/aromatic N) is 2.